The van der Waals surface area contributed by atoms with Gasteiger partial charge in [0.15, 0.2) is 0 Å². The minimum atomic E-state index is 0.715. The average Bonchev–Trinajstić information content (AvgIpc) is 1.90. The summed E-state index contributed by atoms with van der Waals surface area (Å²) in [5.41, 5.74) is 12.4. The Balaban J connectivity index is 2.85. The fourth-order valence-corrected chi connectivity index (χ4v) is 0.637. The van der Waals surface area contributed by atoms with E-state index in [2.05, 4.69) is 0 Å². The molecule has 0 amide bonds. The van der Waals surface area contributed by atoms with Gasteiger partial charge < -0.3 is 11.5 Å². The zero-order valence-corrected chi connectivity index (χ0v) is 5.62. The maximum Gasteiger partial charge on any atom is 0.0314 e. The first-order valence-corrected chi connectivity index (χ1v) is 3.07. The summed E-state index contributed by atoms with van der Waals surface area (Å²) in [6.07, 6.45) is 10.9. The normalized spacial score (nSPS) is 25.6. The van der Waals surface area contributed by atoms with Crippen molar-refractivity contribution in [3.63, 3.8) is 0 Å². The molecule has 10 heavy (non-hydrogen) atoms. The van der Waals surface area contributed by atoms with E-state index in [-0.39, 0.29) is 0 Å². The molecule has 52 valence electrons. The number of allylic oxidation sites excluding steroid dienone is 6. The predicted octanol–water partition coefficient (Wildman–Crippen LogP) is 0.798. The van der Waals surface area contributed by atoms with Gasteiger partial charge in [-0.15, -0.1) is 0 Å². The lowest BCUT2D eigenvalue weighted by atomic mass is 10.2. The lowest BCUT2D eigenvalue weighted by Crippen LogP contribution is -1.96. The van der Waals surface area contributed by atoms with Gasteiger partial charge in [-0.05, 0) is 24.3 Å². The molecular formula is C8H10N2. The van der Waals surface area contributed by atoms with E-state index < -0.39 is 0 Å². The van der Waals surface area contributed by atoms with Crippen LogP contribution in [0, 0.1) is 0 Å². The molecule has 0 atom stereocenters. The van der Waals surface area contributed by atoms with Crippen LogP contribution in [0.5, 0.6) is 0 Å². The van der Waals surface area contributed by atoms with Gasteiger partial charge in [-0.25, -0.2) is 0 Å². The minimum absolute atomic E-state index is 0.715. The summed E-state index contributed by atoms with van der Waals surface area (Å²) in [4.78, 5) is 0. The van der Waals surface area contributed by atoms with E-state index in [0.717, 1.165) is 0 Å². The molecule has 0 unspecified atom stereocenters. The van der Waals surface area contributed by atoms with E-state index in [1.165, 1.54) is 0 Å². The summed E-state index contributed by atoms with van der Waals surface area (Å²) < 4.78 is 0. The zero-order chi connectivity index (χ0) is 7.40. The van der Waals surface area contributed by atoms with Crippen LogP contribution in [0.2, 0.25) is 0 Å². The summed E-state index contributed by atoms with van der Waals surface area (Å²) in [6, 6.07) is 0. The molecule has 1 aliphatic carbocycles. The third-order valence-electron chi connectivity index (χ3n) is 1.16. The second kappa shape index (κ2) is 2.92. The van der Waals surface area contributed by atoms with E-state index in [1.54, 1.807) is 12.2 Å². The average molecular weight is 134 g/mol. The summed E-state index contributed by atoms with van der Waals surface area (Å²) in [6.45, 7) is 0. The SMILES string of the molecule is NC1=C/C=C\C=C(\N)C=C1. The monoisotopic (exact) mass is 134 g/mol. The molecule has 1 aliphatic rings. The second-order valence-corrected chi connectivity index (χ2v) is 2.05. The van der Waals surface area contributed by atoms with Crippen LogP contribution in [0.1, 0.15) is 0 Å². The molecule has 0 saturated heterocycles. The maximum atomic E-state index is 5.51. The van der Waals surface area contributed by atoms with Crippen molar-refractivity contribution in [3.8, 4) is 0 Å². The van der Waals surface area contributed by atoms with Crippen molar-refractivity contribution in [2.45, 2.75) is 0 Å². The summed E-state index contributed by atoms with van der Waals surface area (Å²) in [7, 11) is 0. The lowest BCUT2D eigenvalue weighted by Gasteiger charge is -1.94. The van der Waals surface area contributed by atoms with Crippen molar-refractivity contribution in [1.29, 1.82) is 0 Å². The van der Waals surface area contributed by atoms with Gasteiger partial charge in [0.1, 0.15) is 0 Å². The highest BCUT2D eigenvalue weighted by atomic mass is 14.6. The summed E-state index contributed by atoms with van der Waals surface area (Å²) in [5, 5.41) is 0. The van der Waals surface area contributed by atoms with Gasteiger partial charge in [0, 0.05) is 11.4 Å². The molecule has 0 aromatic heterocycles. The van der Waals surface area contributed by atoms with E-state index in [4.69, 9.17) is 11.5 Å². The number of rotatable bonds is 0. The molecule has 0 saturated carbocycles. The summed E-state index contributed by atoms with van der Waals surface area (Å²) >= 11 is 0. The lowest BCUT2D eigenvalue weighted by molar-refractivity contribution is 1.36. The first kappa shape index (κ1) is 6.68. The largest absolute Gasteiger partial charge is 0.399 e. The Morgan fingerprint density at radius 1 is 0.800 bits per heavy atom. The minimum Gasteiger partial charge on any atom is -0.399 e. The molecule has 2 heteroatoms. The zero-order valence-electron chi connectivity index (χ0n) is 5.62. The Labute approximate surface area is 60.2 Å². The van der Waals surface area contributed by atoms with Crippen molar-refractivity contribution in [1.82, 2.24) is 0 Å². The topological polar surface area (TPSA) is 52.0 Å². The van der Waals surface area contributed by atoms with Crippen LogP contribution in [0.15, 0.2) is 47.9 Å². The van der Waals surface area contributed by atoms with Gasteiger partial charge in [-0.1, -0.05) is 12.2 Å². The van der Waals surface area contributed by atoms with Gasteiger partial charge in [-0.3, -0.25) is 0 Å². The third-order valence-corrected chi connectivity index (χ3v) is 1.16. The molecular weight excluding hydrogens is 124 g/mol. The molecule has 0 aliphatic heterocycles. The quantitative estimate of drug-likeness (QED) is 0.514. The van der Waals surface area contributed by atoms with Crippen molar-refractivity contribution in [2.75, 3.05) is 0 Å². The van der Waals surface area contributed by atoms with Crippen LogP contribution in [-0.2, 0) is 0 Å². The maximum absolute atomic E-state index is 5.51. The van der Waals surface area contributed by atoms with Crippen LogP contribution >= 0.6 is 0 Å². The highest BCUT2D eigenvalue weighted by Crippen LogP contribution is 1.97. The van der Waals surface area contributed by atoms with Crippen LogP contribution < -0.4 is 11.5 Å². The predicted molar refractivity (Wildman–Crippen MR) is 42.8 cm³/mol. The molecule has 0 fully saturated rings. The summed E-state index contributed by atoms with van der Waals surface area (Å²) in [5.74, 6) is 0. The molecule has 4 N–H and O–H groups in total. The molecule has 0 aromatic rings. The van der Waals surface area contributed by atoms with E-state index >= 15 is 0 Å². The molecule has 0 radical (unpaired) electrons. The Morgan fingerprint density at radius 2 is 1.20 bits per heavy atom. The van der Waals surface area contributed by atoms with Crippen LogP contribution in [0.3, 0.4) is 0 Å². The standard InChI is InChI=1S/C8H10N2/c9-7-3-1-2-4-8(10)6-5-7/h1-6H,9-10H2/b2-1-,3-1?,4-2?,6-5?,7-3+,7-5?,8-4?,8-6?. The van der Waals surface area contributed by atoms with Crippen molar-refractivity contribution >= 4 is 0 Å². The number of nitrogens with two attached hydrogens (primary N) is 2. The van der Waals surface area contributed by atoms with Gasteiger partial charge >= 0.3 is 0 Å². The van der Waals surface area contributed by atoms with Gasteiger partial charge in [0.2, 0.25) is 0 Å². The fraction of sp³-hybridized carbons (Fsp3) is 0. The van der Waals surface area contributed by atoms with Crippen LogP contribution in [0.25, 0.3) is 0 Å². The Kier molecular flexibility index (Phi) is 1.95. The fourth-order valence-electron chi connectivity index (χ4n) is 0.637. The Hall–Kier alpha value is -1.44. The van der Waals surface area contributed by atoms with Gasteiger partial charge in [0.25, 0.3) is 0 Å². The van der Waals surface area contributed by atoms with Crippen molar-refractivity contribution < 1.29 is 0 Å². The van der Waals surface area contributed by atoms with Gasteiger partial charge in [0.05, 0.1) is 0 Å². The van der Waals surface area contributed by atoms with Crippen LogP contribution in [-0.4, -0.2) is 0 Å². The van der Waals surface area contributed by atoms with Gasteiger partial charge in [-0.2, -0.15) is 0 Å². The van der Waals surface area contributed by atoms with E-state index in [1.807, 2.05) is 24.3 Å². The van der Waals surface area contributed by atoms with Crippen LogP contribution in [0.4, 0.5) is 0 Å². The van der Waals surface area contributed by atoms with Crippen molar-refractivity contribution in [3.05, 3.63) is 47.9 Å². The van der Waals surface area contributed by atoms with E-state index in [9.17, 15) is 0 Å². The number of hydrogen-bond acceptors (Lipinski definition) is 2. The smallest absolute Gasteiger partial charge is 0.0314 e. The molecule has 1 rings (SSSR count). The third kappa shape index (κ3) is 1.82. The highest BCUT2D eigenvalue weighted by Gasteiger charge is 1.84. The number of hydrogen-bond donors (Lipinski definition) is 2. The molecule has 0 spiro atoms. The first-order chi connectivity index (χ1) is 4.79. The molecule has 2 nitrogen and oxygen atoms in total. The van der Waals surface area contributed by atoms with Crippen molar-refractivity contribution in [2.24, 2.45) is 11.5 Å². The molecule has 0 heterocycles. The molecule has 0 bridgehead atoms. The first-order valence-electron chi connectivity index (χ1n) is 3.07. The Morgan fingerprint density at radius 3 is 1.60 bits per heavy atom. The highest BCUT2D eigenvalue weighted by molar-refractivity contribution is 5.32. The molecule has 0 aromatic carbocycles. The van der Waals surface area contributed by atoms with E-state index in [0.29, 0.717) is 11.4 Å². The Bertz CT molecular complexity index is 208. The second-order valence-electron chi connectivity index (χ2n) is 2.05.